The van der Waals surface area contributed by atoms with E-state index in [9.17, 15) is 22.0 Å². The summed E-state index contributed by atoms with van der Waals surface area (Å²) in [7, 11) is 0. The summed E-state index contributed by atoms with van der Waals surface area (Å²) >= 11 is 0. The molecule has 1 nitrogen and oxygen atoms in total. The maximum absolute atomic E-state index is 13.1. The smallest absolute Gasteiger partial charge is 0.200 e. The molecule has 0 unspecified atom stereocenters. The fourth-order valence-corrected chi connectivity index (χ4v) is 1.17. The van der Waals surface area contributed by atoms with Gasteiger partial charge in [-0.05, 0) is 5.92 Å². The molecular formula is C11H11F5O. The highest BCUT2D eigenvalue weighted by Crippen LogP contribution is 2.23. The minimum absolute atomic E-state index is 0.0938. The molecule has 6 heteroatoms. The van der Waals surface area contributed by atoms with Crippen LogP contribution in [0.15, 0.2) is 0 Å². The Morgan fingerprint density at radius 1 is 0.824 bits per heavy atom. The predicted molar refractivity (Wildman–Crippen MR) is 50.7 cm³/mol. The molecule has 0 heterocycles. The van der Waals surface area contributed by atoms with Crippen LogP contribution in [-0.4, -0.2) is 6.61 Å². The summed E-state index contributed by atoms with van der Waals surface area (Å²) in [6, 6.07) is 0. The average Bonchev–Trinajstić information content (AvgIpc) is 2.28. The fraction of sp³-hybridized carbons (Fsp3) is 0.455. The highest BCUT2D eigenvalue weighted by Gasteiger charge is 2.25. The normalized spacial score (nSPS) is 11.3. The van der Waals surface area contributed by atoms with E-state index in [1.165, 1.54) is 0 Å². The predicted octanol–water partition coefficient (Wildman–Crippen LogP) is 3.55. The summed E-state index contributed by atoms with van der Waals surface area (Å²) < 4.78 is 69.3. The third-order valence-electron chi connectivity index (χ3n) is 2.00. The van der Waals surface area contributed by atoms with Crippen molar-refractivity contribution in [3.63, 3.8) is 0 Å². The molecule has 0 aliphatic rings. The van der Waals surface area contributed by atoms with Crippen molar-refractivity contribution in [3.05, 3.63) is 34.6 Å². The molecule has 0 N–H and O–H groups in total. The van der Waals surface area contributed by atoms with Crippen molar-refractivity contribution in [1.82, 2.24) is 0 Å². The summed E-state index contributed by atoms with van der Waals surface area (Å²) in [6.07, 6.45) is 0. The Morgan fingerprint density at radius 2 is 1.24 bits per heavy atom. The van der Waals surface area contributed by atoms with Gasteiger partial charge in [-0.15, -0.1) is 0 Å². The SMILES string of the molecule is CC(C)COCc1c(F)c(F)c(F)c(F)c1F. The van der Waals surface area contributed by atoms with E-state index in [1.807, 2.05) is 0 Å². The summed E-state index contributed by atoms with van der Waals surface area (Å²) in [4.78, 5) is 0. The zero-order valence-corrected chi connectivity index (χ0v) is 9.29. The van der Waals surface area contributed by atoms with Gasteiger partial charge in [0.05, 0.1) is 12.2 Å². The topological polar surface area (TPSA) is 9.23 Å². The van der Waals surface area contributed by atoms with Gasteiger partial charge in [-0.1, -0.05) is 13.8 Å². The van der Waals surface area contributed by atoms with Crippen molar-refractivity contribution in [2.24, 2.45) is 5.92 Å². The number of hydrogen-bond donors (Lipinski definition) is 0. The first-order chi connectivity index (χ1) is 7.86. The molecule has 0 saturated heterocycles. The molecule has 0 atom stereocenters. The molecule has 0 fully saturated rings. The van der Waals surface area contributed by atoms with Crippen LogP contribution in [0.3, 0.4) is 0 Å². The lowest BCUT2D eigenvalue weighted by Gasteiger charge is -2.10. The van der Waals surface area contributed by atoms with Crippen LogP contribution in [0.25, 0.3) is 0 Å². The number of rotatable bonds is 4. The molecular weight excluding hydrogens is 243 g/mol. The summed E-state index contributed by atoms with van der Waals surface area (Å²) in [5, 5.41) is 0. The quantitative estimate of drug-likeness (QED) is 0.453. The standard InChI is InChI=1S/C11H11F5O/c1-5(2)3-17-4-6-7(12)9(14)11(16)10(15)8(6)13/h5H,3-4H2,1-2H3. The van der Waals surface area contributed by atoms with E-state index in [0.29, 0.717) is 0 Å². The summed E-state index contributed by atoms with van der Waals surface area (Å²) in [6.45, 7) is 3.10. The fourth-order valence-electron chi connectivity index (χ4n) is 1.17. The second kappa shape index (κ2) is 5.44. The molecule has 96 valence electrons. The number of halogens is 5. The van der Waals surface area contributed by atoms with Crippen LogP contribution in [0.1, 0.15) is 19.4 Å². The molecule has 0 aliphatic carbocycles. The van der Waals surface area contributed by atoms with Crippen LogP contribution in [0.4, 0.5) is 22.0 Å². The van der Waals surface area contributed by atoms with Crippen molar-refractivity contribution >= 4 is 0 Å². The lowest BCUT2D eigenvalue weighted by molar-refractivity contribution is 0.0914. The maximum Gasteiger partial charge on any atom is 0.200 e. The van der Waals surface area contributed by atoms with E-state index in [1.54, 1.807) is 13.8 Å². The van der Waals surface area contributed by atoms with Crippen LogP contribution in [0.5, 0.6) is 0 Å². The van der Waals surface area contributed by atoms with Crippen molar-refractivity contribution < 1.29 is 26.7 Å². The summed E-state index contributed by atoms with van der Waals surface area (Å²) in [5.74, 6) is -9.65. The zero-order valence-electron chi connectivity index (χ0n) is 9.29. The van der Waals surface area contributed by atoms with E-state index in [4.69, 9.17) is 4.74 Å². The zero-order chi connectivity index (χ0) is 13.2. The van der Waals surface area contributed by atoms with Gasteiger partial charge < -0.3 is 4.74 Å². The van der Waals surface area contributed by atoms with Gasteiger partial charge in [0.25, 0.3) is 0 Å². The second-order valence-corrected chi connectivity index (χ2v) is 3.96. The molecule has 0 radical (unpaired) electrons. The lowest BCUT2D eigenvalue weighted by atomic mass is 10.2. The van der Waals surface area contributed by atoms with Gasteiger partial charge in [0.1, 0.15) is 0 Å². The van der Waals surface area contributed by atoms with Gasteiger partial charge in [0.15, 0.2) is 23.3 Å². The monoisotopic (exact) mass is 254 g/mol. The van der Waals surface area contributed by atoms with Gasteiger partial charge in [0, 0.05) is 6.61 Å². The van der Waals surface area contributed by atoms with Crippen LogP contribution in [0.2, 0.25) is 0 Å². The van der Waals surface area contributed by atoms with Gasteiger partial charge >= 0.3 is 0 Å². The van der Waals surface area contributed by atoms with Crippen LogP contribution in [-0.2, 0) is 11.3 Å². The maximum atomic E-state index is 13.1. The Balaban J connectivity index is 2.99. The molecule has 0 aliphatic heterocycles. The first-order valence-electron chi connectivity index (χ1n) is 4.94. The number of ether oxygens (including phenoxy) is 1. The summed E-state index contributed by atoms with van der Waals surface area (Å²) in [5.41, 5.74) is -0.943. The Labute approximate surface area is 95.2 Å². The van der Waals surface area contributed by atoms with Gasteiger partial charge in [-0.25, -0.2) is 22.0 Å². The number of hydrogen-bond acceptors (Lipinski definition) is 1. The first-order valence-corrected chi connectivity index (χ1v) is 4.94. The average molecular weight is 254 g/mol. The molecule has 1 aromatic carbocycles. The van der Waals surface area contributed by atoms with E-state index in [2.05, 4.69) is 0 Å². The van der Waals surface area contributed by atoms with Gasteiger partial charge in [-0.3, -0.25) is 0 Å². The van der Waals surface area contributed by atoms with Crippen LogP contribution < -0.4 is 0 Å². The van der Waals surface area contributed by atoms with Crippen LogP contribution in [0, 0.1) is 35.0 Å². The molecule has 0 bridgehead atoms. The Kier molecular flexibility index (Phi) is 4.45. The van der Waals surface area contributed by atoms with Crippen molar-refractivity contribution in [1.29, 1.82) is 0 Å². The van der Waals surface area contributed by atoms with Gasteiger partial charge in [-0.2, -0.15) is 0 Å². The Hall–Kier alpha value is -1.17. The van der Waals surface area contributed by atoms with E-state index in [-0.39, 0.29) is 12.5 Å². The van der Waals surface area contributed by atoms with Crippen LogP contribution >= 0.6 is 0 Å². The van der Waals surface area contributed by atoms with Gasteiger partial charge in [0.2, 0.25) is 5.82 Å². The van der Waals surface area contributed by atoms with E-state index >= 15 is 0 Å². The molecule has 0 amide bonds. The first kappa shape index (κ1) is 13.9. The lowest BCUT2D eigenvalue weighted by Crippen LogP contribution is -2.10. The van der Waals surface area contributed by atoms with Crippen molar-refractivity contribution in [2.45, 2.75) is 20.5 Å². The minimum atomic E-state index is -2.16. The largest absolute Gasteiger partial charge is 0.376 e. The highest BCUT2D eigenvalue weighted by molar-refractivity contribution is 5.23. The molecule has 1 rings (SSSR count). The van der Waals surface area contributed by atoms with Crippen molar-refractivity contribution in [3.8, 4) is 0 Å². The van der Waals surface area contributed by atoms with Crippen molar-refractivity contribution in [2.75, 3.05) is 6.61 Å². The third kappa shape index (κ3) is 2.94. The number of benzene rings is 1. The third-order valence-corrected chi connectivity index (χ3v) is 2.00. The molecule has 17 heavy (non-hydrogen) atoms. The molecule has 0 spiro atoms. The Bertz CT molecular complexity index is 388. The Morgan fingerprint density at radius 3 is 1.65 bits per heavy atom. The van der Waals surface area contributed by atoms with E-state index < -0.39 is 41.3 Å². The van der Waals surface area contributed by atoms with E-state index in [0.717, 1.165) is 0 Å². The molecule has 0 aromatic heterocycles. The molecule has 1 aromatic rings. The second-order valence-electron chi connectivity index (χ2n) is 3.96. The highest BCUT2D eigenvalue weighted by atomic mass is 19.2. The minimum Gasteiger partial charge on any atom is -0.376 e. The molecule has 0 saturated carbocycles.